The van der Waals surface area contributed by atoms with Gasteiger partial charge in [-0.3, -0.25) is 14.4 Å². The number of methoxy groups -OCH3 is 1. The van der Waals surface area contributed by atoms with E-state index < -0.39 is 11.8 Å². The molecular weight excluding hydrogens is 448 g/mol. The van der Waals surface area contributed by atoms with E-state index in [0.29, 0.717) is 41.6 Å². The molecule has 0 heterocycles. The number of benzene rings is 2. The van der Waals surface area contributed by atoms with Crippen molar-refractivity contribution in [2.75, 3.05) is 32.2 Å². The van der Waals surface area contributed by atoms with E-state index in [2.05, 4.69) is 21.2 Å². The van der Waals surface area contributed by atoms with Crippen molar-refractivity contribution in [1.82, 2.24) is 10.7 Å². The SMILES string of the molecule is COCCCNC(=O)C(=O)N/N=C\c1cc(Cl)ccc1OCC(=O)Nc1ccc(C)c(C)c1. The molecule has 0 aliphatic heterocycles. The molecule has 0 spiro atoms. The number of halogens is 1. The van der Waals surface area contributed by atoms with Gasteiger partial charge in [0.25, 0.3) is 5.91 Å². The van der Waals surface area contributed by atoms with Crippen LogP contribution in [-0.2, 0) is 19.1 Å². The van der Waals surface area contributed by atoms with Crippen LogP contribution >= 0.6 is 11.6 Å². The van der Waals surface area contributed by atoms with Crippen molar-refractivity contribution in [3.63, 3.8) is 0 Å². The molecule has 3 N–H and O–H groups in total. The van der Waals surface area contributed by atoms with Crippen molar-refractivity contribution in [3.8, 4) is 5.75 Å². The van der Waals surface area contributed by atoms with E-state index in [1.807, 2.05) is 32.0 Å². The van der Waals surface area contributed by atoms with E-state index in [0.717, 1.165) is 11.1 Å². The number of ether oxygens (including phenoxy) is 2. The summed E-state index contributed by atoms with van der Waals surface area (Å²) in [6.07, 6.45) is 1.86. The minimum Gasteiger partial charge on any atom is -0.483 e. The van der Waals surface area contributed by atoms with Gasteiger partial charge in [0.1, 0.15) is 5.75 Å². The number of hydrogen-bond donors (Lipinski definition) is 3. The Morgan fingerprint density at radius 1 is 1.06 bits per heavy atom. The number of anilines is 1. The van der Waals surface area contributed by atoms with Gasteiger partial charge >= 0.3 is 11.8 Å². The van der Waals surface area contributed by atoms with Gasteiger partial charge in [-0.15, -0.1) is 0 Å². The average molecular weight is 475 g/mol. The summed E-state index contributed by atoms with van der Waals surface area (Å²) in [6, 6.07) is 10.4. The summed E-state index contributed by atoms with van der Waals surface area (Å²) < 4.78 is 10.5. The fraction of sp³-hybridized carbons (Fsp3) is 0.304. The summed E-state index contributed by atoms with van der Waals surface area (Å²) >= 11 is 6.03. The molecule has 0 aliphatic carbocycles. The normalized spacial score (nSPS) is 10.7. The third kappa shape index (κ3) is 8.91. The molecule has 9 nitrogen and oxygen atoms in total. The Morgan fingerprint density at radius 3 is 2.58 bits per heavy atom. The van der Waals surface area contributed by atoms with Crippen molar-refractivity contribution in [2.24, 2.45) is 5.10 Å². The fourth-order valence-electron chi connectivity index (χ4n) is 2.62. The van der Waals surface area contributed by atoms with E-state index in [1.54, 1.807) is 25.3 Å². The summed E-state index contributed by atoms with van der Waals surface area (Å²) in [5, 5.41) is 9.40. The Bertz CT molecular complexity index is 1030. The van der Waals surface area contributed by atoms with Gasteiger partial charge in [0.2, 0.25) is 0 Å². The second kappa shape index (κ2) is 13.2. The number of carbonyl (C=O) groups is 3. The summed E-state index contributed by atoms with van der Waals surface area (Å²) in [5.41, 5.74) is 5.42. The minimum absolute atomic E-state index is 0.244. The second-order valence-electron chi connectivity index (χ2n) is 7.12. The summed E-state index contributed by atoms with van der Waals surface area (Å²) in [4.78, 5) is 35.8. The van der Waals surface area contributed by atoms with Crippen molar-refractivity contribution >= 4 is 41.2 Å². The topological polar surface area (TPSA) is 118 Å². The molecular formula is C23H27ClN4O5. The number of aryl methyl sites for hydroxylation is 2. The number of nitrogens with zero attached hydrogens (tertiary/aromatic N) is 1. The third-order valence-corrected chi connectivity index (χ3v) is 4.74. The molecule has 0 aromatic heterocycles. The molecule has 0 unspecified atom stereocenters. The maximum absolute atomic E-state index is 12.3. The van der Waals surface area contributed by atoms with Crippen LogP contribution in [0.15, 0.2) is 41.5 Å². The van der Waals surface area contributed by atoms with Crippen LogP contribution in [0.2, 0.25) is 5.02 Å². The molecule has 176 valence electrons. The molecule has 0 saturated carbocycles. The van der Waals surface area contributed by atoms with Crippen LogP contribution in [0.1, 0.15) is 23.1 Å². The Kier molecular flexibility index (Phi) is 10.3. The molecule has 0 atom stereocenters. The van der Waals surface area contributed by atoms with E-state index in [9.17, 15) is 14.4 Å². The molecule has 3 amide bonds. The molecule has 2 aromatic rings. The molecule has 2 aromatic carbocycles. The van der Waals surface area contributed by atoms with Crippen LogP contribution in [0.25, 0.3) is 0 Å². The van der Waals surface area contributed by atoms with Gasteiger partial charge in [-0.05, 0) is 61.7 Å². The number of carbonyl (C=O) groups excluding carboxylic acids is 3. The standard InChI is InChI=1S/C23H27ClN4O5/c1-15-5-7-19(11-16(15)2)27-21(29)14-33-20-8-6-18(24)12-17(20)13-26-28-23(31)22(30)25-9-4-10-32-3/h5-8,11-13H,4,9-10,14H2,1-3H3,(H,25,30)(H,27,29)(H,28,31)/b26-13-. The van der Waals surface area contributed by atoms with Crippen molar-refractivity contribution in [3.05, 3.63) is 58.1 Å². The van der Waals surface area contributed by atoms with Crippen molar-refractivity contribution < 1.29 is 23.9 Å². The lowest BCUT2D eigenvalue weighted by Gasteiger charge is -2.11. The first kappa shape index (κ1) is 25.8. The largest absolute Gasteiger partial charge is 0.483 e. The van der Waals surface area contributed by atoms with Crippen LogP contribution in [0.3, 0.4) is 0 Å². The van der Waals surface area contributed by atoms with Crippen LogP contribution in [-0.4, -0.2) is 50.8 Å². The van der Waals surface area contributed by atoms with E-state index in [-0.39, 0.29) is 12.5 Å². The highest BCUT2D eigenvalue weighted by atomic mass is 35.5. The first-order valence-corrected chi connectivity index (χ1v) is 10.6. The number of rotatable bonds is 10. The van der Waals surface area contributed by atoms with Gasteiger partial charge in [0.15, 0.2) is 6.61 Å². The number of hydrogen-bond acceptors (Lipinski definition) is 6. The number of hydrazone groups is 1. The van der Waals surface area contributed by atoms with E-state index in [1.165, 1.54) is 6.21 Å². The zero-order chi connectivity index (χ0) is 24.2. The van der Waals surface area contributed by atoms with Gasteiger partial charge in [-0.2, -0.15) is 5.10 Å². The van der Waals surface area contributed by atoms with Crippen molar-refractivity contribution in [2.45, 2.75) is 20.3 Å². The summed E-state index contributed by atoms with van der Waals surface area (Å²) in [6.45, 7) is 4.49. The lowest BCUT2D eigenvalue weighted by atomic mass is 10.1. The van der Waals surface area contributed by atoms with Gasteiger partial charge in [-0.1, -0.05) is 17.7 Å². The van der Waals surface area contributed by atoms with Crippen molar-refractivity contribution in [1.29, 1.82) is 0 Å². The Hall–Kier alpha value is -3.43. The van der Waals surface area contributed by atoms with Gasteiger partial charge < -0.3 is 20.1 Å². The Balaban J connectivity index is 1.92. The highest BCUT2D eigenvalue weighted by Crippen LogP contribution is 2.21. The molecule has 33 heavy (non-hydrogen) atoms. The second-order valence-corrected chi connectivity index (χ2v) is 7.56. The van der Waals surface area contributed by atoms with Gasteiger partial charge in [-0.25, -0.2) is 5.43 Å². The monoisotopic (exact) mass is 474 g/mol. The highest BCUT2D eigenvalue weighted by Gasteiger charge is 2.12. The van der Waals surface area contributed by atoms with Crippen LogP contribution in [0.4, 0.5) is 5.69 Å². The Labute approximate surface area is 197 Å². The Morgan fingerprint density at radius 2 is 1.85 bits per heavy atom. The van der Waals surface area contributed by atoms with Crippen LogP contribution in [0.5, 0.6) is 5.75 Å². The first-order valence-electron chi connectivity index (χ1n) is 10.2. The lowest BCUT2D eigenvalue weighted by Crippen LogP contribution is -2.38. The fourth-order valence-corrected chi connectivity index (χ4v) is 2.80. The first-order chi connectivity index (χ1) is 15.8. The van der Waals surface area contributed by atoms with E-state index in [4.69, 9.17) is 21.1 Å². The summed E-state index contributed by atoms with van der Waals surface area (Å²) in [7, 11) is 1.55. The summed E-state index contributed by atoms with van der Waals surface area (Å²) in [5.74, 6) is -1.74. The number of nitrogens with one attached hydrogen (secondary N) is 3. The van der Waals surface area contributed by atoms with Gasteiger partial charge in [0, 0.05) is 36.5 Å². The quantitative estimate of drug-likeness (QED) is 0.212. The predicted molar refractivity (Wildman–Crippen MR) is 127 cm³/mol. The zero-order valence-electron chi connectivity index (χ0n) is 18.7. The third-order valence-electron chi connectivity index (χ3n) is 4.51. The molecule has 10 heteroatoms. The highest BCUT2D eigenvalue weighted by molar-refractivity contribution is 6.35. The molecule has 0 bridgehead atoms. The van der Waals surface area contributed by atoms with Gasteiger partial charge in [0.05, 0.1) is 6.21 Å². The molecule has 0 fully saturated rings. The molecule has 0 saturated heterocycles. The maximum atomic E-state index is 12.3. The average Bonchev–Trinajstić information content (AvgIpc) is 2.78. The van der Waals surface area contributed by atoms with Crippen LogP contribution in [0, 0.1) is 13.8 Å². The molecule has 0 radical (unpaired) electrons. The smallest absolute Gasteiger partial charge is 0.329 e. The maximum Gasteiger partial charge on any atom is 0.329 e. The molecule has 0 aliphatic rings. The number of amides is 3. The minimum atomic E-state index is -0.916. The zero-order valence-corrected chi connectivity index (χ0v) is 19.5. The molecule has 2 rings (SSSR count). The predicted octanol–water partition coefficient (Wildman–Crippen LogP) is 2.58. The lowest BCUT2D eigenvalue weighted by molar-refractivity contribution is -0.139. The van der Waals surface area contributed by atoms with Crippen LogP contribution < -0.4 is 20.8 Å². The van der Waals surface area contributed by atoms with E-state index >= 15 is 0 Å².